The Labute approximate surface area is 117 Å². The van der Waals surface area contributed by atoms with E-state index in [0.717, 1.165) is 11.1 Å². The minimum Gasteiger partial charge on any atom is -0.465 e. The third-order valence-electron chi connectivity index (χ3n) is 3.13. The molecule has 0 aliphatic rings. The Morgan fingerprint density at radius 1 is 1.40 bits per heavy atom. The SMILES string of the molecule is COC(=O)c1cccc(NCc2cnccc2C)c1N. The number of hydrogen-bond donors (Lipinski definition) is 2. The Morgan fingerprint density at radius 3 is 2.90 bits per heavy atom. The van der Waals surface area contributed by atoms with E-state index < -0.39 is 5.97 Å². The van der Waals surface area contributed by atoms with Gasteiger partial charge < -0.3 is 15.8 Å². The van der Waals surface area contributed by atoms with Crippen LogP contribution in [0.3, 0.4) is 0 Å². The molecular formula is C15H17N3O2. The molecule has 0 aliphatic heterocycles. The highest BCUT2D eigenvalue weighted by molar-refractivity contribution is 5.98. The third kappa shape index (κ3) is 2.88. The number of carbonyl (C=O) groups is 1. The van der Waals surface area contributed by atoms with Crippen molar-refractivity contribution < 1.29 is 9.53 Å². The molecule has 1 aromatic carbocycles. The van der Waals surface area contributed by atoms with E-state index in [0.29, 0.717) is 23.5 Å². The predicted molar refractivity (Wildman–Crippen MR) is 78.5 cm³/mol. The van der Waals surface area contributed by atoms with Crippen molar-refractivity contribution in [2.45, 2.75) is 13.5 Å². The number of nitrogens with one attached hydrogen (secondary N) is 1. The van der Waals surface area contributed by atoms with E-state index in [9.17, 15) is 4.79 Å². The molecule has 0 bridgehead atoms. The first kappa shape index (κ1) is 13.9. The molecule has 0 aliphatic carbocycles. The summed E-state index contributed by atoms with van der Waals surface area (Å²) in [5.74, 6) is -0.441. The van der Waals surface area contributed by atoms with Crippen molar-refractivity contribution in [2.75, 3.05) is 18.2 Å². The van der Waals surface area contributed by atoms with Gasteiger partial charge in [0.05, 0.1) is 24.0 Å². The summed E-state index contributed by atoms with van der Waals surface area (Å²) >= 11 is 0. The van der Waals surface area contributed by atoms with Gasteiger partial charge in [-0.2, -0.15) is 0 Å². The number of esters is 1. The normalized spacial score (nSPS) is 10.1. The van der Waals surface area contributed by atoms with Crippen LogP contribution in [-0.2, 0) is 11.3 Å². The van der Waals surface area contributed by atoms with Crippen molar-refractivity contribution in [1.29, 1.82) is 0 Å². The van der Waals surface area contributed by atoms with Crippen LogP contribution < -0.4 is 11.1 Å². The van der Waals surface area contributed by atoms with Gasteiger partial charge in [0.15, 0.2) is 0 Å². The summed E-state index contributed by atoms with van der Waals surface area (Å²) in [5, 5.41) is 3.22. The Bertz CT molecular complexity index is 626. The second-order valence-electron chi connectivity index (χ2n) is 4.41. The number of rotatable bonds is 4. The predicted octanol–water partition coefficient (Wildman–Crippen LogP) is 2.37. The summed E-state index contributed by atoms with van der Waals surface area (Å²) in [6, 6.07) is 7.18. The topological polar surface area (TPSA) is 77.2 Å². The minimum absolute atomic E-state index is 0.361. The molecule has 2 aromatic rings. The zero-order valence-corrected chi connectivity index (χ0v) is 11.5. The Balaban J connectivity index is 2.18. The fourth-order valence-corrected chi connectivity index (χ4v) is 1.88. The van der Waals surface area contributed by atoms with E-state index in [1.54, 1.807) is 18.3 Å². The summed E-state index contributed by atoms with van der Waals surface area (Å²) in [4.78, 5) is 15.7. The van der Waals surface area contributed by atoms with E-state index in [4.69, 9.17) is 10.5 Å². The molecule has 1 heterocycles. The van der Waals surface area contributed by atoms with Crippen LogP contribution in [0.15, 0.2) is 36.7 Å². The highest BCUT2D eigenvalue weighted by Crippen LogP contribution is 2.24. The molecule has 0 saturated heterocycles. The van der Waals surface area contributed by atoms with Crippen LogP contribution in [0.4, 0.5) is 11.4 Å². The van der Waals surface area contributed by atoms with Gasteiger partial charge in [-0.25, -0.2) is 4.79 Å². The number of pyridine rings is 1. The molecule has 5 nitrogen and oxygen atoms in total. The number of anilines is 2. The van der Waals surface area contributed by atoms with Crippen molar-refractivity contribution in [3.63, 3.8) is 0 Å². The zero-order chi connectivity index (χ0) is 14.5. The molecule has 0 unspecified atom stereocenters. The standard InChI is InChI=1S/C15H17N3O2/c1-10-6-7-17-8-11(10)9-18-13-5-3-4-12(14(13)16)15(19)20-2/h3-8,18H,9,16H2,1-2H3. The molecule has 0 saturated carbocycles. The molecule has 0 fully saturated rings. The quantitative estimate of drug-likeness (QED) is 0.659. The average molecular weight is 271 g/mol. The number of hydrogen-bond acceptors (Lipinski definition) is 5. The lowest BCUT2D eigenvalue weighted by Gasteiger charge is -2.12. The smallest absolute Gasteiger partial charge is 0.340 e. The summed E-state index contributed by atoms with van der Waals surface area (Å²) < 4.78 is 4.70. The maximum absolute atomic E-state index is 11.6. The first-order valence-electron chi connectivity index (χ1n) is 6.23. The highest BCUT2D eigenvalue weighted by atomic mass is 16.5. The number of benzene rings is 1. The number of nitrogen functional groups attached to an aromatic ring is 1. The molecule has 0 amide bonds. The molecular weight excluding hydrogens is 254 g/mol. The van der Waals surface area contributed by atoms with Gasteiger partial charge in [0.25, 0.3) is 0 Å². The number of aromatic nitrogens is 1. The van der Waals surface area contributed by atoms with Crippen LogP contribution in [0.25, 0.3) is 0 Å². The summed E-state index contributed by atoms with van der Waals surface area (Å²) in [6.07, 6.45) is 3.56. The second kappa shape index (κ2) is 6.06. The van der Waals surface area contributed by atoms with Crippen LogP contribution in [0.5, 0.6) is 0 Å². The van der Waals surface area contributed by atoms with Gasteiger partial charge in [-0.15, -0.1) is 0 Å². The van der Waals surface area contributed by atoms with Crippen molar-refractivity contribution in [3.8, 4) is 0 Å². The Morgan fingerprint density at radius 2 is 2.20 bits per heavy atom. The zero-order valence-electron chi connectivity index (χ0n) is 11.5. The van der Waals surface area contributed by atoms with Crippen molar-refractivity contribution in [3.05, 3.63) is 53.3 Å². The molecule has 104 valence electrons. The molecule has 20 heavy (non-hydrogen) atoms. The second-order valence-corrected chi connectivity index (χ2v) is 4.41. The van der Waals surface area contributed by atoms with Gasteiger partial charge in [0, 0.05) is 18.9 Å². The van der Waals surface area contributed by atoms with Gasteiger partial charge in [0.2, 0.25) is 0 Å². The van der Waals surface area contributed by atoms with E-state index in [-0.39, 0.29) is 0 Å². The van der Waals surface area contributed by atoms with Crippen LogP contribution >= 0.6 is 0 Å². The van der Waals surface area contributed by atoms with Crippen LogP contribution in [0.1, 0.15) is 21.5 Å². The number of methoxy groups -OCH3 is 1. The monoisotopic (exact) mass is 271 g/mol. The number of nitrogens with two attached hydrogens (primary N) is 1. The number of para-hydroxylation sites is 1. The number of nitrogens with zero attached hydrogens (tertiary/aromatic N) is 1. The first-order chi connectivity index (χ1) is 9.63. The van der Waals surface area contributed by atoms with Gasteiger partial charge in [-0.05, 0) is 36.2 Å². The van der Waals surface area contributed by atoms with E-state index >= 15 is 0 Å². The molecule has 2 rings (SSSR count). The summed E-state index contributed by atoms with van der Waals surface area (Å²) in [5.41, 5.74) is 9.67. The molecule has 0 atom stereocenters. The van der Waals surface area contributed by atoms with Crippen molar-refractivity contribution in [1.82, 2.24) is 4.98 Å². The lowest BCUT2D eigenvalue weighted by Crippen LogP contribution is -2.09. The Hall–Kier alpha value is -2.56. The van der Waals surface area contributed by atoms with Crippen LogP contribution in [0.2, 0.25) is 0 Å². The van der Waals surface area contributed by atoms with Crippen molar-refractivity contribution >= 4 is 17.3 Å². The molecule has 0 radical (unpaired) electrons. The van der Waals surface area contributed by atoms with Crippen molar-refractivity contribution in [2.24, 2.45) is 0 Å². The summed E-state index contributed by atoms with van der Waals surface area (Å²) in [7, 11) is 1.33. The maximum atomic E-state index is 11.6. The lowest BCUT2D eigenvalue weighted by molar-refractivity contribution is 0.0602. The van der Waals surface area contributed by atoms with Gasteiger partial charge >= 0.3 is 5.97 Å². The van der Waals surface area contributed by atoms with Crippen LogP contribution in [0, 0.1) is 6.92 Å². The molecule has 1 aromatic heterocycles. The average Bonchev–Trinajstić information content (AvgIpc) is 2.47. The van der Waals surface area contributed by atoms with E-state index in [2.05, 4.69) is 10.3 Å². The van der Waals surface area contributed by atoms with Gasteiger partial charge in [-0.3, -0.25) is 4.98 Å². The maximum Gasteiger partial charge on any atom is 0.340 e. The number of aryl methyl sites for hydroxylation is 1. The lowest BCUT2D eigenvalue weighted by atomic mass is 10.1. The summed E-state index contributed by atoms with van der Waals surface area (Å²) in [6.45, 7) is 2.61. The molecule has 5 heteroatoms. The fourth-order valence-electron chi connectivity index (χ4n) is 1.88. The minimum atomic E-state index is -0.441. The molecule has 3 N–H and O–H groups in total. The third-order valence-corrected chi connectivity index (χ3v) is 3.13. The fraction of sp³-hybridized carbons (Fsp3) is 0.200. The number of carbonyl (C=O) groups excluding carboxylic acids is 1. The molecule has 0 spiro atoms. The first-order valence-corrected chi connectivity index (χ1v) is 6.23. The highest BCUT2D eigenvalue weighted by Gasteiger charge is 2.12. The van der Waals surface area contributed by atoms with Gasteiger partial charge in [0.1, 0.15) is 0 Å². The van der Waals surface area contributed by atoms with Gasteiger partial charge in [-0.1, -0.05) is 6.07 Å². The van der Waals surface area contributed by atoms with E-state index in [1.807, 2.05) is 25.3 Å². The largest absolute Gasteiger partial charge is 0.465 e. The number of ether oxygens (including phenoxy) is 1. The van der Waals surface area contributed by atoms with E-state index in [1.165, 1.54) is 7.11 Å². The van der Waals surface area contributed by atoms with Crippen LogP contribution in [-0.4, -0.2) is 18.1 Å². The Kier molecular flexibility index (Phi) is 4.20.